The van der Waals surface area contributed by atoms with Crippen LogP contribution < -0.4 is 10.6 Å². The molecule has 0 aliphatic heterocycles. The lowest BCUT2D eigenvalue weighted by Gasteiger charge is -2.22. The van der Waals surface area contributed by atoms with Gasteiger partial charge in [0.2, 0.25) is 0 Å². The third-order valence-corrected chi connectivity index (χ3v) is 3.84. The molecule has 0 fully saturated rings. The van der Waals surface area contributed by atoms with E-state index in [0.717, 1.165) is 18.0 Å². The van der Waals surface area contributed by atoms with Crippen molar-refractivity contribution >= 4 is 28.6 Å². The SMILES string of the molecule is CN(Cc1ccsc1)c1cc(Cl)ccc1CCN. The Bertz CT molecular complexity index is 497. The van der Waals surface area contributed by atoms with Crippen molar-refractivity contribution in [1.29, 1.82) is 0 Å². The summed E-state index contributed by atoms with van der Waals surface area (Å²) in [5.41, 5.74) is 9.39. The van der Waals surface area contributed by atoms with Gasteiger partial charge in [-0.15, -0.1) is 0 Å². The normalized spacial score (nSPS) is 10.6. The standard InChI is InChI=1S/C14H17ClN2S/c1-17(9-11-5-7-18-10-11)14-8-13(15)3-2-12(14)4-6-16/h2-3,5,7-8,10H,4,6,9,16H2,1H3. The minimum Gasteiger partial charge on any atom is -0.370 e. The first-order valence-electron chi connectivity index (χ1n) is 5.91. The van der Waals surface area contributed by atoms with E-state index in [1.165, 1.54) is 16.8 Å². The topological polar surface area (TPSA) is 29.3 Å². The summed E-state index contributed by atoms with van der Waals surface area (Å²) >= 11 is 7.81. The van der Waals surface area contributed by atoms with Crippen LogP contribution in [0.5, 0.6) is 0 Å². The fourth-order valence-electron chi connectivity index (χ4n) is 2.00. The molecule has 0 radical (unpaired) electrons. The van der Waals surface area contributed by atoms with Crippen molar-refractivity contribution < 1.29 is 0 Å². The molecule has 2 nitrogen and oxygen atoms in total. The maximum absolute atomic E-state index is 6.09. The van der Waals surface area contributed by atoms with Gasteiger partial charge >= 0.3 is 0 Å². The second-order valence-corrected chi connectivity index (χ2v) is 5.52. The molecule has 0 spiro atoms. The number of halogens is 1. The smallest absolute Gasteiger partial charge is 0.0434 e. The molecule has 96 valence electrons. The van der Waals surface area contributed by atoms with Gasteiger partial charge in [0.25, 0.3) is 0 Å². The zero-order valence-electron chi connectivity index (χ0n) is 10.4. The molecular formula is C14H17ClN2S. The van der Waals surface area contributed by atoms with Crippen molar-refractivity contribution in [2.45, 2.75) is 13.0 Å². The Balaban J connectivity index is 2.22. The Labute approximate surface area is 117 Å². The average Bonchev–Trinajstić information content (AvgIpc) is 2.84. The van der Waals surface area contributed by atoms with Crippen LogP contribution in [0.1, 0.15) is 11.1 Å². The predicted molar refractivity (Wildman–Crippen MR) is 80.6 cm³/mol. The Kier molecular flexibility index (Phi) is 4.64. The van der Waals surface area contributed by atoms with Crippen molar-refractivity contribution in [1.82, 2.24) is 0 Å². The summed E-state index contributed by atoms with van der Waals surface area (Å²) in [7, 11) is 2.09. The second kappa shape index (κ2) is 6.23. The molecule has 0 amide bonds. The number of anilines is 1. The van der Waals surface area contributed by atoms with E-state index in [1.54, 1.807) is 11.3 Å². The Morgan fingerprint density at radius 2 is 2.17 bits per heavy atom. The van der Waals surface area contributed by atoms with E-state index < -0.39 is 0 Å². The van der Waals surface area contributed by atoms with E-state index in [1.807, 2.05) is 12.1 Å². The van der Waals surface area contributed by atoms with Crippen LogP contribution in [0.15, 0.2) is 35.0 Å². The zero-order chi connectivity index (χ0) is 13.0. The van der Waals surface area contributed by atoms with Crippen LogP contribution in [0, 0.1) is 0 Å². The van der Waals surface area contributed by atoms with E-state index in [0.29, 0.717) is 6.54 Å². The quantitative estimate of drug-likeness (QED) is 0.908. The van der Waals surface area contributed by atoms with Crippen molar-refractivity contribution in [2.75, 3.05) is 18.5 Å². The first-order chi connectivity index (χ1) is 8.70. The number of hydrogen-bond acceptors (Lipinski definition) is 3. The van der Waals surface area contributed by atoms with Crippen molar-refractivity contribution in [3.05, 3.63) is 51.2 Å². The van der Waals surface area contributed by atoms with Gasteiger partial charge in [0, 0.05) is 24.3 Å². The summed E-state index contributed by atoms with van der Waals surface area (Å²) in [4.78, 5) is 2.22. The molecule has 0 atom stereocenters. The molecule has 4 heteroatoms. The fraction of sp³-hybridized carbons (Fsp3) is 0.286. The van der Waals surface area contributed by atoms with Crippen molar-refractivity contribution in [3.8, 4) is 0 Å². The van der Waals surface area contributed by atoms with Crippen LogP contribution in [-0.4, -0.2) is 13.6 Å². The maximum Gasteiger partial charge on any atom is 0.0434 e. The summed E-state index contributed by atoms with van der Waals surface area (Å²) < 4.78 is 0. The van der Waals surface area contributed by atoms with Gasteiger partial charge in [-0.3, -0.25) is 0 Å². The number of rotatable bonds is 5. The fourth-order valence-corrected chi connectivity index (χ4v) is 2.83. The van der Waals surface area contributed by atoms with E-state index in [2.05, 4.69) is 34.8 Å². The highest BCUT2D eigenvalue weighted by atomic mass is 35.5. The molecule has 2 aromatic rings. The van der Waals surface area contributed by atoms with Crippen LogP contribution in [0.2, 0.25) is 5.02 Å². The summed E-state index contributed by atoms with van der Waals surface area (Å²) in [6.07, 6.45) is 0.875. The molecule has 1 aromatic heterocycles. The van der Waals surface area contributed by atoms with Gasteiger partial charge in [-0.05, 0) is 53.1 Å². The van der Waals surface area contributed by atoms with Crippen molar-refractivity contribution in [3.63, 3.8) is 0 Å². The molecule has 0 saturated heterocycles. The minimum absolute atomic E-state index is 0.654. The molecule has 0 saturated carbocycles. The van der Waals surface area contributed by atoms with Crippen LogP contribution in [0.25, 0.3) is 0 Å². The molecule has 0 unspecified atom stereocenters. The summed E-state index contributed by atoms with van der Waals surface area (Å²) in [6.45, 7) is 1.54. The van der Waals surface area contributed by atoms with Crippen LogP contribution in [0.4, 0.5) is 5.69 Å². The highest BCUT2D eigenvalue weighted by Gasteiger charge is 2.08. The van der Waals surface area contributed by atoms with Gasteiger partial charge in [0.05, 0.1) is 0 Å². The molecule has 1 aromatic carbocycles. The highest BCUT2D eigenvalue weighted by molar-refractivity contribution is 7.07. The minimum atomic E-state index is 0.654. The largest absolute Gasteiger partial charge is 0.370 e. The molecular weight excluding hydrogens is 264 g/mol. The Hall–Kier alpha value is -1.03. The van der Waals surface area contributed by atoms with Crippen LogP contribution >= 0.6 is 22.9 Å². The van der Waals surface area contributed by atoms with E-state index in [-0.39, 0.29) is 0 Å². The molecule has 18 heavy (non-hydrogen) atoms. The van der Waals surface area contributed by atoms with Crippen molar-refractivity contribution in [2.24, 2.45) is 5.73 Å². The maximum atomic E-state index is 6.09. The first-order valence-corrected chi connectivity index (χ1v) is 7.23. The summed E-state index contributed by atoms with van der Waals surface area (Å²) in [5.74, 6) is 0. The highest BCUT2D eigenvalue weighted by Crippen LogP contribution is 2.26. The molecule has 0 bridgehead atoms. The lowest BCUT2D eigenvalue weighted by Crippen LogP contribution is -2.18. The summed E-state index contributed by atoms with van der Waals surface area (Å²) in [5, 5.41) is 5.04. The van der Waals surface area contributed by atoms with E-state index >= 15 is 0 Å². The number of nitrogens with zero attached hydrogens (tertiary/aromatic N) is 1. The van der Waals surface area contributed by atoms with Crippen LogP contribution in [-0.2, 0) is 13.0 Å². The molecule has 0 aliphatic carbocycles. The molecule has 2 rings (SSSR count). The molecule has 0 aliphatic rings. The van der Waals surface area contributed by atoms with Crippen LogP contribution in [0.3, 0.4) is 0 Å². The summed E-state index contributed by atoms with van der Waals surface area (Å²) in [6, 6.07) is 8.15. The number of hydrogen-bond donors (Lipinski definition) is 1. The van der Waals surface area contributed by atoms with Gasteiger partial charge in [-0.1, -0.05) is 17.7 Å². The third kappa shape index (κ3) is 3.25. The van der Waals surface area contributed by atoms with E-state index in [9.17, 15) is 0 Å². The van der Waals surface area contributed by atoms with Gasteiger partial charge < -0.3 is 10.6 Å². The van der Waals surface area contributed by atoms with Gasteiger partial charge in [-0.25, -0.2) is 0 Å². The number of thiophene rings is 1. The molecule has 1 heterocycles. The van der Waals surface area contributed by atoms with E-state index in [4.69, 9.17) is 17.3 Å². The third-order valence-electron chi connectivity index (χ3n) is 2.87. The van der Waals surface area contributed by atoms with Gasteiger partial charge in [0.15, 0.2) is 0 Å². The lowest BCUT2D eigenvalue weighted by atomic mass is 10.1. The molecule has 2 N–H and O–H groups in total. The zero-order valence-corrected chi connectivity index (χ0v) is 12.0. The Morgan fingerprint density at radius 3 is 2.83 bits per heavy atom. The second-order valence-electron chi connectivity index (χ2n) is 4.30. The predicted octanol–water partition coefficient (Wildman–Crippen LogP) is 3.54. The number of benzene rings is 1. The monoisotopic (exact) mass is 280 g/mol. The van der Waals surface area contributed by atoms with Gasteiger partial charge in [-0.2, -0.15) is 11.3 Å². The Morgan fingerprint density at radius 1 is 1.33 bits per heavy atom. The number of nitrogens with two attached hydrogens (primary N) is 1. The van der Waals surface area contributed by atoms with Gasteiger partial charge in [0.1, 0.15) is 0 Å². The average molecular weight is 281 g/mol. The first kappa shape index (κ1) is 13.4. The lowest BCUT2D eigenvalue weighted by molar-refractivity contribution is 0.895.